The highest BCUT2D eigenvalue weighted by atomic mass is 35.5. The van der Waals surface area contributed by atoms with Crippen LogP contribution in [0.4, 0.5) is 5.69 Å². The summed E-state index contributed by atoms with van der Waals surface area (Å²) in [6.07, 6.45) is 1.25. The van der Waals surface area contributed by atoms with Gasteiger partial charge in [-0.2, -0.15) is 11.8 Å². The Morgan fingerprint density at radius 3 is 3.00 bits per heavy atom. The highest BCUT2D eigenvalue weighted by Crippen LogP contribution is 2.33. The lowest BCUT2D eigenvalue weighted by Gasteiger charge is -2.16. The van der Waals surface area contributed by atoms with Gasteiger partial charge in [0.05, 0.1) is 5.69 Å². The number of hydrogen-bond acceptors (Lipinski definition) is 3. The van der Waals surface area contributed by atoms with Crippen LogP contribution < -0.4 is 5.32 Å². The lowest BCUT2D eigenvalue weighted by Crippen LogP contribution is -2.24. The van der Waals surface area contributed by atoms with E-state index in [1.807, 2.05) is 17.1 Å². The van der Waals surface area contributed by atoms with Crippen LogP contribution in [0.25, 0.3) is 0 Å². The average Bonchev–Trinajstić information content (AvgIpc) is 2.65. The van der Waals surface area contributed by atoms with E-state index in [0.717, 1.165) is 10.0 Å². The number of hydrogen-bond donors (Lipinski definition) is 1. The minimum Gasteiger partial charge on any atom is -0.379 e. The first-order valence-corrected chi connectivity index (χ1v) is 6.69. The SMILES string of the molecule is CC1SCCC1Nc1ccsc1Cl. The normalized spacial score (nSPS) is 27.8. The van der Waals surface area contributed by atoms with Crippen molar-refractivity contribution < 1.29 is 0 Å². The summed E-state index contributed by atoms with van der Waals surface area (Å²) >= 11 is 9.63. The van der Waals surface area contributed by atoms with E-state index in [9.17, 15) is 0 Å². The summed E-state index contributed by atoms with van der Waals surface area (Å²) in [7, 11) is 0. The van der Waals surface area contributed by atoms with Gasteiger partial charge in [0.15, 0.2) is 0 Å². The molecule has 0 amide bonds. The van der Waals surface area contributed by atoms with Crippen molar-refractivity contribution >= 4 is 40.4 Å². The molecule has 2 rings (SSSR count). The minimum absolute atomic E-state index is 0.595. The Kier molecular flexibility index (Phi) is 3.06. The molecule has 4 heteroatoms. The van der Waals surface area contributed by atoms with E-state index in [1.165, 1.54) is 12.2 Å². The van der Waals surface area contributed by atoms with Gasteiger partial charge in [-0.05, 0) is 23.6 Å². The number of thioether (sulfide) groups is 1. The zero-order valence-electron chi connectivity index (χ0n) is 7.42. The Hall–Kier alpha value is 0.140. The topological polar surface area (TPSA) is 12.0 Å². The van der Waals surface area contributed by atoms with Crippen LogP contribution in [0.15, 0.2) is 11.4 Å². The molecule has 1 N–H and O–H groups in total. The second kappa shape index (κ2) is 4.11. The van der Waals surface area contributed by atoms with Gasteiger partial charge in [0, 0.05) is 11.3 Å². The quantitative estimate of drug-likeness (QED) is 0.836. The van der Waals surface area contributed by atoms with Gasteiger partial charge in [-0.15, -0.1) is 11.3 Å². The largest absolute Gasteiger partial charge is 0.379 e. The molecule has 72 valence electrons. The maximum Gasteiger partial charge on any atom is 0.116 e. The summed E-state index contributed by atoms with van der Waals surface area (Å²) in [6.45, 7) is 2.27. The molecule has 1 aromatic heterocycles. The maximum atomic E-state index is 6.02. The van der Waals surface area contributed by atoms with Crippen LogP contribution in [0.2, 0.25) is 4.34 Å². The second-order valence-electron chi connectivity index (χ2n) is 3.22. The molecule has 0 bridgehead atoms. The number of nitrogens with one attached hydrogen (secondary N) is 1. The summed E-state index contributed by atoms with van der Waals surface area (Å²) in [5.74, 6) is 1.26. The highest BCUT2D eigenvalue weighted by molar-refractivity contribution is 8.00. The molecule has 2 unspecified atom stereocenters. The molecule has 1 aliphatic rings. The third kappa shape index (κ3) is 2.14. The molecule has 0 aromatic carbocycles. The average molecular weight is 234 g/mol. The van der Waals surface area contributed by atoms with Gasteiger partial charge >= 0.3 is 0 Å². The molecule has 1 nitrogen and oxygen atoms in total. The third-order valence-electron chi connectivity index (χ3n) is 2.34. The summed E-state index contributed by atoms with van der Waals surface area (Å²) in [6, 6.07) is 2.65. The molecule has 2 atom stereocenters. The van der Waals surface area contributed by atoms with Gasteiger partial charge < -0.3 is 5.32 Å². The Balaban J connectivity index is 2.01. The van der Waals surface area contributed by atoms with Crippen LogP contribution in [0.5, 0.6) is 0 Å². The van der Waals surface area contributed by atoms with E-state index in [-0.39, 0.29) is 0 Å². The fourth-order valence-corrected chi connectivity index (χ4v) is 3.56. The third-order valence-corrected chi connectivity index (χ3v) is 4.83. The van der Waals surface area contributed by atoms with Gasteiger partial charge in [0.1, 0.15) is 4.34 Å². The van der Waals surface area contributed by atoms with Crippen LogP contribution in [-0.2, 0) is 0 Å². The summed E-state index contributed by atoms with van der Waals surface area (Å²) in [4.78, 5) is 0. The smallest absolute Gasteiger partial charge is 0.116 e. The van der Waals surface area contributed by atoms with Crippen molar-refractivity contribution in [1.82, 2.24) is 0 Å². The van der Waals surface area contributed by atoms with Gasteiger partial charge in [-0.25, -0.2) is 0 Å². The van der Waals surface area contributed by atoms with Gasteiger partial charge in [0.2, 0.25) is 0 Å². The zero-order chi connectivity index (χ0) is 9.26. The Morgan fingerprint density at radius 1 is 1.62 bits per heavy atom. The molecule has 0 spiro atoms. The maximum absolute atomic E-state index is 6.02. The van der Waals surface area contributed by atoms with Crippen molar-refractivity contribution in [1.29, 1.82) is 0 Å². The van der Waals surface area contributed by atoms with Gasteiger partial charge in [0.25, 0.3) is 0 Å². The number of halogens is 1. The lowest BCUT2D eigenvalue weighted by atomic mass is 10.2. The van der Waals surface area contributed by atoms with Crippen LogP contribution in [0, 0.1) is 0 Å². The fraction of sp³-hybridized carbons (Fsp3) is 0.556. The molecule has 0 aliphatic carbocycles. The second-order valence-corrected chi connectivity index (χ2v) is 6.23. The van der Waals surface area contributed by atoms with Crippen molar-refractivity contribution in [2.24, 2.45) is 0 Å². The van der Waals surface area contributed by atoms with Crippen LogP contribution >= 0.6 is 34.7 Å². The Labute approximate surface area is 91.9 Å². The molecule has 1 aromatic rings. The van der Waals surface area contributed by atoms with Crippen molar-refractivity contribution in [2.75, 3.05) is 11.1 Å². The summed E-state index contributed by atoms with van der Waals surface area (Å²) in [5.41, 5.74) is 1.10. The van der Waals surface area contributed by atoms with Crippen molar-refractivity contribution in [3.8, 4) is 0 Å². The molecular formula is C9H12ClNS2. The van der Waals surface area contributed by atoms with E-state index in [4.69, 9.17) is 11.6 Å². The van der Waals surface area contributed by atoms with Gasteiger partial charge in [-0.3, -0.25) is 0 Å². The van der Waals surface area contributed by atoms with Crippen LogP contribution in [-0.4, -0.2) is 17.0 Å². The van der Waals surface area contributed by atoms with Crippen LogP contribution in [0.1, 0.15) is 13.3 Å². The first-order valence-electron chi connectivity index (χ1n) is 4.38. The number of anilines is 1. The first kappa shape index (κ1) is 9.69. The zero-order valence-corrected chi connectivity index (χ0v) is 9.81. The first-order chi connectivity index (χ1) is 6.27. The molecule has 1 fully saturated rings. The van der Waals surface area contributed by atoms with E-state index < -0.39 is 0 Å². The van der Waals surface area contributed by atoms with Crippen molar-refractivity contribution in [2.45, 2.75) is 24.6 Å². The van der Waals surface area contributed by atoms with Crippen molar-refractivity contribution in [3.63, 3.8) is 0 Å². The van der Waals surface area contributed by atoms with E-state index in [0.29, 0.717) is 11.3 Å². The molecule has 0 saturated carbocycles. The predicted molar refractivity (Wildman–Crippen MR) is 63.3 cm³/mol. The fourth-order valence-electron chi connectivity index (χ4n) is 1.52. The van der Waals surface area contributed by atoms with E-state index in [1.54, 1.807) is 11.3 Å². The number of rotatable bonds is 2. The summed E-state index contributed by atoms with van der Waals surface area (Å²) < 4.78 is 0.879. The standard InChI is InChI=1S/C9H12ClNS2/c1-6-7(2-4-12-6)11-8-3-5-13-9(8)10/h3,5-7,11H,2,4H2,1H3. The van der Waals surface area contributed by atoms with E-state index >= 15 is 0 Å². The van der Waals surface area contributed by atoms with Crippen molar-refractivity contribution in [3.05, 3.63) is 15.8 Å². The highest BCUT2D eigenvalue weighted by Gasteiger charge is 2.24. The molecule has 1 aliphatic heterocycles. The van der Waals surface area contributed by atoms with Gasteiger partial charge in [-0.1, -0.05) is 18.5 Å². The number of thiophene rings is 1. The Bertz CT molecular complexity index is 287. The lowest BCUT2D eigenvalue weighted by molar-refractivity contribution is 0.725. The summed E-state index contributed by atoms with van der Waals surface area (Å²) in [5, 5.41) is 6.23. The Morgan fingerprint density at radius 2 is 2.46 bits per heavy atom. The van der Waals surface area contributed by atoms with E-state index in [2.05, 4.69) is 18.3 Å². The monoisotopic (exact) mass is 233 g/mol. The van der Waals surface area contributed by atoms with Crippen LogP contribution in [0.3, 0.4) is 0 Å². The molecule has 2 heterocycles. The molecule has 0 radical (unpaired) electrons. The molecule has 13 heavy (non-hydrogen) atoms. The molecular weight excluding hydrogens is 222 g/mol. The molecule has 1 saturated heterocycles. The minimum atomic E-state index is 0.595. The predicted octanol–water partition coefficient (Wildman–Crippen LogP) is 3.71.